The van der Waals surface area contributed by atoms with Gasteiger partial charge >= 0.3 is 17.9 Å². The number of ether oxygens (including phenoxy) is 3. The summed E-state index contributed by atoms with van der Waals surface area (Å²) in [4.78, 5) is 38.4. The van der Waals surface area contributed by atoms with Crippen molar-refractivity contribution in [3.05, 3.63) is 72.9 Å². The molecule has 0 radical (unpaired) electrons. The Hall–Kier alpha value is -3.15. The molecule has 0 spiro atoms. The smallest absolute Gasteiger partial charge is 0.306 e. The van der Waals surface area contributed by atoms with Gasteiger partial charge in [0.2, 0.25) is 0 Å². The lowest BCUT2D eigenvalue weighted by Crippen LogP contribution is -2.30. The molecule has 0 aliphatic carbocycles. The molecule has 0 N–H and O–H groups in total. The van der Waals surface area contributed by atoms with E-state index < -0.39 is 6.10 Å². The van der Waals surface area contributed by atoms with Crippen molar-refractivity contribution in [2.24, 2.45) is 0 Å². The third kappa shape index (κ3) is 65.5. The molecule has 0 amide bonds. The summed E-state index contributed by atoms with van der Waals surface area (Å²) in [5.74, 6) is -0.863. The average molecular weight is 1100 g/mol. The van der Waals surface area contributed by atoms with Gasteiger partial charge in [-0.2, -0.15) is 0 Å². The molecule has 0 aliphatic heterocycles. The standard InChI is InChI=1S/C73H130O6/c1-4-7-10-13-16-19-22-25-28-30-32-34-35-36-37-39-40-42-45-48-51-54-57-60-63-66-72(75)78-69-70(68-77-71(74)65-62-59-56-53-50-47-44-27-24-21-18-15-12-9-6-3)79-73(76)67-64-61-58-55-52-49-46-43-41-38-33-31-29-26-23-20-17-14-11-8-5-2/h8,11,17,20,22,25-26,29-30,32-33,38,70H,4-7,9-10,12-16,18-19,21,23-24,27-28,31,34-37,39-69H2,1-3H3/b11-8-,20-17-,25-22-,29-26-,32-30-,38-33-. The second-order valence-corrected chi connectivity index (χ2v) is 23.1. The Morgan fingerprint density at radius 1 is 0.266 bits per heavy atom. The maximum absolute atomic E-state index is 12.9. The van der Waals surface area contributed by atoms with Crippen LogP contribution in [0.5, 0.6) is 0 Å². The second-order valence-electron chi connectivity index (χ2n) is 23.1. The molecule has 0 saturated carbocycles. The van der Waals surface area contributed by atoms with Gasteiger partial charge in [-0.15, -0.1) is 0 Å². The van der Waals surface area contributed by atoms with Crippen LogP contribution in [0.2, 0.25) is 0 Å². The van der Waals surface area contributed by atoms with Gasteiger partial charge in [0, 0.05) is 19.3 Å². The van der Waals surface area contributed by atoms with Crippen LogP contribution in [0, 0.1) is 0 Å². The minimum Gasteiger partial charge on any atom is -0.462 e. The van der Waals surface area contributed by atoms with Gasteiger partial charge in [0.15, 0.2) is 6.10 Å². The van der Waals surface area contributed by atoms with Gasteiger partial charge in [0.1, 0.15) is 13.2 Å². The number of rotatable bonds is 63. The van der Waals surface area contributed by atoms with Gasteiger partial charge in [-0.3, -0.25) is 14.4 Å². The Balaban J connectivity index is 4.32. The summed E-state index contributed by atoms with van der Waals surface area (Å²) >= 11 is 0. The fourth-order valence-electron chi connectivity index (χ4n) is 10.1. The molecule has 79 heavy (non-hydrogen) atoms. The molecule has 6 nitrogen and oxygen atoms in total. The maximum Gasteiger partial charge on any atom is 0.306 e. The molecule has 0 aromatic heterocycles. The van der Waals surface area contributed by atoms with Crippen LogP contribution in [-0.2, 0) is 28.6 Å². The highest BCUT2D eigenvalue weighted by molar-refractivity contribution is 5.71. The molecule has 0 bridgehead atoms. The fraction of sp³-hybridized carbons (Fsp3) is 0.795. The van der Waals surface area contributed by atoms with E-state index in [2.05, 4.69) is 93.7 Å². The summed E-state index contributed by atoms with van der Waals surface area (Å²) in [6.07, 6.45) is 87.7. The Morgan fingerprint density at radius 3 is 0.772 bits per heavy atom. The van der Waals surface area contributed by atoms with Gasteiger partial charge in [0.25, 0.3) is 0 Å². The lowest BCUT2D eigenvalue weighted by molar-refractivity contribution is -0.167. The van der Waals surface area contributed by atoms with Crippen molar-refractivity contribution < 1.29 is 28.6 Å². The van der Waals surface area contributed by atoms with Crippen LogP contribution in [0.1, 0.15) is 355 Å². The number of hydrogen-bond donors (Lipinski definition) is 0. The van der Waals surface area contributed by atoms with E-state index in [4.69, 9.17) is 14.2 Å². The SMILES string of the molecule is CC/C=C\C/C=C\C/C=C\C/C=C\CCCCCCCCCCC(=O)OC(COC(=O)CCCCCCCCCCCCCCC/C=C\C/C=C\CCCCCCC)COC(=O)CCCCCCCCCCCCCCCCC. The van der Waals surface area contributed by atoms with Gasteiger partial charge in [-0.05, 0) is 89.9 Å². The minimum atomic E-state index is -0.780. The van der Waals surface area contributed by atoms with E-state index in [-0.39, 0.29) is 31.1 Å². The van der Waals surface area contributed by atoms with Gasteiger partial charge < -0.3 is 14.2 Å². The molecule has 6 heteroatoms. The molecule has 0 heterocycles. The number of carbonyl (C=O) groups is 3. The lowest BCUT2D eigenvalue weighted by atomic mass is 10.0. The van der Waals surface area contributed by atoms with Gasteiger partial charge in [-0.25, -0.2) is 0 Å². The molecular formula is C73H130O6. The van der Waals surface area contributed by atoms with Crippen LogP contribution in [0.3, 0.4) is 0 Å². The highest BCUT2D eigenvalue weighted by Gasteiger charge is 2.19. The number of carbonyl (C=O) groups excluding carboxylic acids is 3. The second kappa shape index (κ2) is 67.4. The molecule has 458 valence electrons. The molecule has 1 unspecified atom stereocenters. The van der Waals surface area contributed by atoms with Crippen molar-refractivity contribution in [3.8, 4) is 0 Å². The van der Waals surface area contributed by atoms with Crippen molar-refractivity contribution in [2.75, 3.05) is 13.2 Å². The van der Waals surface area contributed by atoms with E-state index in [9.17, 15) is 14.4 Å². The van der Waals surface area contributed by atoms with Gasteiger partial charge in [0.05, 0.1) is 0 Å². The minimum absolute atomic E-state index is 0.0749. The van der Waals surface area contributed by atoms with Crippen LogP contribution >= 0.6 is 0 Å². The quantitative estimate of drug-likeness (QED) is 0.0261. The summed E-state index contributed by atoms with van der Waals surface area (Å²) in [7, 11) is 0. The first-order chi connectivity index (χ1) is 39.0. The Kier molecular flexibility index (Phi) is 64.7. The zero-order valence-electron chi connectivity index (χ0n) is 52.6. The Labute approximate surface area is 491 Å². The van der Waals surface area contributed by atoms with E-state index in [1.807, 2.05) is 0 Å². The number of hydrogen-bond acceptors (Lipinski definition) is 6. The summed E-state index contributed by atoms with van der Waals surface area (Å²) < 4.78 is 17.0. The summed E-state index contributed by atoms with van der Waals surface area (Å²) in [6.45, 7) is 6.57. The average Bonchev–Trinajstić information content (AvgIpc) is 3.45. The van der Waals surface area contributed by atoms with Crippen molar-refractivity contribution in [3.63, 3.8) is 0 Å². The normalized spacial score (nSPS) is 12.5. The summed E-state index contributed by atoms with van der Waals surface area (Å²) in [6, 6.07) is 0. The van der Waals surface area contributed by atoms with Crippen molar-refractivity contribution in [1.29, 1.82) is 0 Å². The number of unbranched alkanes of at least 4 members (excludes halogenated alkanes) is 40. The molecule has 0 aromatic carbocycles. The zero-order valence-corrected chi connectivity index (χ0v) is 52.6. The predicted molar refractivity (Wildman–Crippen MR) is 344 cm³/mol. The number of esters is 3. The van der Waals surface area contributed by atoms with Gasteiger partial charge in [-0.1, -0.05) is 318 Å². The molecule has 0 saturated heterocycles. The van der Waals surface area contributed by atoms with Crippen molar-refractivity contribution in [2.45, 2.75) is 361 Å². The monoisotopic (exact) mass is 1100 g/mol. The van der Waals surface area contributed by atoms with Crippen molar-refractivity contribution >= 4 is 17.9 Å². The zero-order chi connectivity index (χ0) is 57.1. The topological polar surface area (TPSA) is 78.9 Å². The summed E-state index contributed by atoms with van der Waals surface area (Å²) in [5.41, 5.74) is 0. The Bertz CT molecular complexity index is 1450. The van der Waals surface area contributed by atoms with Crippen LogP contribution < -0.4 is 0 Å². The maximum atomic E-state index is 12.9. The van der Waals surface area contributed by atoms with E-state index in [0.29, 0.717) is 19.3 Å². The highest BCUT2D eigenvalue weighted by atomic mass is 16.6. The molecule has 1 atom stereocenters. The highest BCUT2D eigenvalue weighted by Crippen LogP contribution is 2.17. The van der Waals surface area contributed by atoms with E-state index in [1.54, 1.807) is 0 Å². The van der Waals surface area contributed by atoms with Crippen LogP contribution in [-0.4, -0.2) is 37.2 Å². The van der Waals surface area contributed by atoms with Crippen LogP contribution in [0.4, 0.5) is 0 Å². The largest absolute Gasteiger partial charge is 0.462 e. The molecule has 0 aromatic rings. The van der Waals surface area contributed by atoms with Crippen LogP contribution in [0.15, 0.2) is 72.9 Å². The number of allylic oxidation sites excluding steroid dienone is 12. The van der Waals surface area contributed by atoms with E-state index >= 15 is 0 Å². The molecule has 0 rings (SSSR count). The fourth-order valence-corrected chi connectivity index (χ4v) is 10.1. The third-order valence-electron chi connectivity index (χ3n) is 15.2. The summed E-state index contributed by atoms with van der Waals surface area (Å²) in [5, 5.41) is 0. The van der Waals surface area contributed by atoms with Crippen LogP contribution in [0.25, 0.3) is 0 Å². The van der Waals surface area contributed by atoms with E-state index in [1.165, 1.54) is 218 Å². The van der Waals surface area contributed by atoms with E-state index in [0.717, 1.165) is 96.3 Å². The molecule has 0 aliphatic rings. The van der Waals surface area contributed by atoms with Crippen molar-refractivity contribution in [1.82, 2.24) is 0 Å². The third-order valence-corrected chi connectivity index (χ3v) is 15.2. The first-order valence-electron chi connectivity index (χ1n) is 34.4. The molecular weight excluding hydrogens is 973 g/mol. The molecule has 0 fully saturated rings. The first-order valence-corrected chi connectivity index (χ1v) is 34.4. The first kappa shape index (κ1) is 75.8. The predicted octanol–water partition coefficient (Wildman–Crippen LogP) is 23.7. The Morgan fingerprint density at radius 2 is 0.494 bits per heavy atom. The lowest BCUT2D eigenvalue weighted by Gasteiger charge is -2.18.